The summed E-state index contributed by atoms with van der Waals surface area (Å²) >= 11 is 13.7. The van der Waals surface area contributed by atoms with Crippen LogP contribution in [0, 0.1) is 0 Å². The topological polar surface area (TPSA) is 68.2 Å². The normalized spacial score (nSPS) is 19.7. The van der Waals surface area contributed by atoms with Gasteiger partial charge in [-0.2, -0.15) is 0 Å². The van der Waals surface area contributed by atoms with Crippen molar-refractivity contribution in [3.63, 3.8) is 0 Å². The van der Waals surface area contributed by atoms with Crippen LogP contribution in [0.3, 0.4) is 0 Å². The molecule has 0 aromatic heterocycles. The molecule has 2 aliphatic heterocycles. The first-order valence-electron chi connectivity index (χ1n) is 8.29. The number of amides is 1. The molecule has 1 atom stereocenters. The zero-order valence-corrected chi connectivity index (χ0v) is 17.2. The Kier molecular flexibility index (Phi) is 6.47. The van der Waals surface area contributed by atoms with Crippen molar-refractivity contribution in [2.75, 3.05) is 26.1 Å². The number of fused-ring (bicyclic) bond motifs is 1. The van der Waals surface area contributed by atoms with Crippen molar-refractivity contribution < 1.29 is 19.1 Å². The van der Waals surface area contributed by atoms with Crippen LogP contribution in [-0.2, 0) is 19.1 Å². The highest BCUT2D eigenvalue weighted by Gasteiger charge is 2.41. The van der Waals surface area contributed by atoms with Gasteiger partial charge in [-0.3, -0.25) is 9.69 Å². The number of hydrogen-bond acceptors (Lipinski definition) is 6. The quantitative estimate of drug-likeness (QED) is 0.526. The molecule has 0 bridgehead atoms. The number of nitrogens with zero attached hydrogens (tertiary/aromatic N) is 2. The first-order valence-corrected chi connectivity index (χ1v) is 10.0. The molecule has 0 radical (unpaired) electrons. The van der Waals surface area contributed by atoms with E-state index in [1.165, 1.54) is 18.9 Å². The van der Waals surface area contributed by atoms with Gasteiger partial charge in [0, 0.05) is 19.3 Å². The molecule has 27 heavy (non-hydrogen) atoms. The van der Waals surface area contributed by atoms with E-state index in [-0.39, 0.29) is 19.1 Å². The first kappa shape index (κ1) is 20.2. The molecule has 1 fully saturated rings. The highest BCUT2D eigenvalue weighted by molar-refractivity contribution is 8.14. The third-order valence-corrected chi connectivity index (χ3v) is 5.90. The summed E-state index contributed by atoms with van der Waals surface area (Å²) in [4.78, 5) is 31.5. The summed E-state index contributed by atoms with van der Waals surface area (Å²) in [6.45, 7) is 2.13. The summed E-state index contributed by atoms with van der Waals surface area (Å²) < 4.78 is 10.2. The van der Waals surface area contributed by atoms with E-state index in [1.807, 2.05) is 0 Å². The number of carbonyl (C=O) groups is 2. The van der Waals surface area contributed by atoms with E-state index in [4.69, 9.17) is 32.7 Å². The van der Waals surface area contributed by atoms with E-state index < -0.39 is 12.0 Å². The molecule has 3 rings (SSSR count). The van der Waals surface area contributed by atoms with Gasteiger partial charge < -0.3 is 9.47 Å². The van der Waals surface area contributed by atoms with Crippen LogP contribution < -0.4 is 0 Å². The van der Waals surface area contributed by atoms with Crippen LogP contribution in [0.5, 0.6) is 0 Å². The lowest BCUT2D eigenvalue weighted by molar-refractivity contribution is -0.141. The molecule has 0 aliphatic carbocycles. The molecular weight excluding hydrogens is 411 g/mol. The largest absolute Gasteiger partial charge is 0.460 e. The van der Waals surface area contributed by atoms with Gasteiger partial charge in [-0.05, 0) is 24.6 Å². The molecule has 1 aromatic carbocycles. The number of ether oxygens (including phenoxy) is 2. The van der Waals surface area contributed by atoms with Crippen LogP contribution in [0.2, 0.25) is 10.0 Å². The molecule has 144 valence electrons. The number of halogens is 2. The van der Waals surface area contributed by atoms with E-state index in [0.717, 1.165) is 0 Å². The lowest BCUT2D eigenvalue weighted by atomic mass is 9.94. The number of esters is 1. The highest BCUT2D eigenvalue weighted by Crippen LogP contribution is 2.41. The number of allylic oxidation sites excluding steroid dienone is 1. The third-order valence-electron chi connectivity index (χ3n) is 4.21. The van der Waals surface area contributed by atoms with Gasteiger partial charge in [-0.1, -0.05) is 41.0 Å². The number of rotatable bonds is 5. The number of carbonyl (C=O) groups excluding carboxylic acids is 2. The molecule has 0 spiro atoms. The minimum Gasteiger partial charge on any atom is -0.460 e. The Morgan fingerprint density at radius 3 is 2.81 bits per heavy atom. The number of methoxy groups -OCH3 is 1. The van der Waals surface area contributed by atoms with Crippen molar-refractivity contribution in [2.45, 2.75) is 19.4 Å². The standard InChI is InChI=1S/C18H18Cl2N2O4S/c1-10-15(17(24)26-7-6-25-2)16(11-3-4-12(19)13(20)9-11)22-14(23)5-8-27-18(22)21-10/h3-4,9,16H,5-8H2,1-2H3/t16-/m1/s1. The van der Waals surface area contributed by atoms with E-state index in [1.54, 1.807) is 30.0 Å². The fourth-order valence-corrected chi connectivity index (χ4v) is 4.26. The molecule has 2 heterocycles. The minimum absolute atomic E-state index is 0.0988. The van der Waals surface area contributed by atoms with E-state index in [9.17, 15) is 9.59 Å². The Bertz CT molecular complexity index is 841. The SMILES string of the molecule is COCCOC(=O)C1=C(C)N=C2SCCC(=O)N2[C@@H]1c1ccc(Cl)c(Cl)c1. The van der Waals surface area contributed by atoms with Gasteiger partial charge in [0.2, 0.25) is 5.91 Å². The molecule has 0 N–H and O–H groups in total. The van der Waals surface area contributed by atoms with Gasteiger partial charge in [0.1, 0.15) is 6.61 Å². The Labute approximate surface area is 171 Å². The van der Waals surface area contributed by atoms with Gasteiger partial charge in [0.05, 0.1) is 34.0 Å². The zero-order chi connectivity index (χ0) is 19.6. The predicted octanol–water partition coefficient (Wildman–Crippen LogP) is 3.83. The van der Waals surface area contributed by atoms with Crippen molar-refractivity contribution >= 4 is 52.0 Å². The number of hydrogen-bond donors (Lipinski definition) is 0. The lowest BCUT2D eigenvalue weighted by Gasteiger charge is -2.39. The number of aliphatic imine (C=N–C) groups is 1. The first-order chi connectivity index (χ1) is 12.9. The molecule has 0 unspecified atom stereocenters. The van der Waals surface area contributed by atoms with Crippen LogP contribution in [0.15, 0.2) is 34.5 Å². The Morgan fingerprint density at radius 2 is 2.11 bits per heavy atom. The molecule has 0 saturated carbocycles. The van der Waals surface area contributed by atoms with Crippen molar-refractivity contribution in [3.8, 4) is 0 Å². The summed E-state index contributed by atoms with van der Waals surface area (Å²) in [5.41, 5.74) is 1.50. The summed E-state index contributed by atoms with van der Waals surface area (Å²) in [6.07, 6.45) is 0.368. The fraction of sp³-hybridized carbons (Fsp3) is 0.389. The van der Waals surface area contributed by atoms with Crippen LogP contribution in [0.1, 0.15) is 24.9 Å². The smallest absolute Gasteiger partial charge is 0.338 e. The second kappa shape index (κ2) is 8.65. The van der Waals surface area contributed by atoms with Gasteiger partial charge in [-0.25, -0.2) is 9.79 Å². The average molecular weight is 429 g/mol. The maximum atomic E-state index is 12.8. The lowest BCUT2D eigenvalue weighted by Crippen LogP contribution is -2.45. The zero-order valence-electron chi connectivity index (χ0n) is 14.8. The monoisotopic (exact) mass is 428 g/mol. The maximum Gasteiger partial charge on any atom is 0.338 e. The van der Waals surface area contributed by atoms with Crippen molar-refractivity contribution in [1.29, 1.82) is 0 Å². The average Bonchev–Trinajstić information content (AvgIpc) is 2.63. The van der Waals surface area contributed by atoms with Crippen molar-refractivity contribution in [1.82, 2.24) is 4.90 Å². The fourth-order valence-electron chi connectivity index (χ4n) is 2.95. The van der Waals surface area contributed by atoms with Crippen molar-refractivity contribution in [2.24, 2.45) is 4.99 Å². The molecule has 6 nitrogen and oxygen atoms in total. The second-order valence-corrected chi connectivity index (χ2v) is 7.84. The molecule has 1 aromatic rings. The molecule has 2 aliphatic rings. The van der Waals surface area contributed by atoms with Crippen LogP contribution in [0.25, 0.3) is 0 Å². The van der Waals surface area contributed by atoms with Gasteiger partial charge in [-0.15, -0.1) is 0 Å². The Hall–Kier alpha value is -1.54. The van der Waals surface area contributed by atoms with Gasteiger partial charge >= 0.3 is 5.97 Å². The van der Waals surface area contributed by atoms with Crippen molar-refractivity contribution in [3.05, 3.63) is 45.1 Å². The van der Waals surface area contributed by atoms with Gasteiger partial charge in [0.15, 0.2) is 5.17 Å². The Balaban J connectivity index is 2.07. The predicted molar refractivity (Wildman–Crippen MR) is 106 cm³/mol. The molecular formula is C18H18Cl2N2O4S. The van der Waals surface area contributed by atoms with E-state index in [0.29, 0.717) is 44.2 Å². The van der Waals surface area contributed by atoms with Crippen LogP contribution in [-0.4, -0.2) is 48.0 Å². The van der Waals surface area contributed by atoms with Crippen LogP contribution in [0.4, 0.5) is 0 Å². The summed E-state index contributed by atoms with van der Waals surface area (Å²) in [5.74, 6) is 0.0217. The Morgan fingerprint density at radius 1 is 1.33 bits per heavy atom. The third kappa shape index (κ3) is 4.16. The molecule has 1 amide bonds. The number of benzene rings is 1. The number of thioether (sulfide) groups is 1. The highest BCUT2D eigenvalue weighted by atomic mass is 35.5. The summed E-state index contributed by atoms with van der Waals surface area (Å²) in [5, 5.41) is 1.32. The molecule has 9 heteroatoms. The van der Waals surface area contributed by atoms with E-state index >= 15 is 0 Å². The van der Waals surface area contributed by atoms with Gasteiger partial charge in [0.25, 0.3) is 0 Å². The van der Waals surface area contributed by atoms with Crippen LogP contribution >= 0.6 is 35.0 Å². The second-order valence-electron chi connectivity index (χ2n) is 5.96. The summed E-state index contributed by atoms with van der Waals surface area (Å²) in [7, 11) is 1.53. The summed E-state index contributed by atoms with van der Waals surface area (Å²) in [6, 6.07) is 4.40. The minimum atomic E-state index is -0.664. The van der Waals surface area contributed by atoms with E-state index in [2.05, 4.69) is 4.99 Å². The molecule has 1 saturated heterocycles. The number of amidine groups is 1. The maximum absolute atomic E-state index is 12.8.